The molecule has 0 bridgehead atoms. The molecule has 0 spiro atoms. The summed E-state index contributed by atoms with van der Waals surface area (Å²) in [5.41, 5.74) is 0. The molecule has 5 nitrogen and oxygen atoms in total. The predicted molar refractivity (Wildman–Crippen MR) is 90.5 cm³/mol. The monoisotopic (exact) mass is 335 g/mol. The second kappa shape index (κ2) is 8.44. The van der Waals surface area contributed by atoms with Crippen LogP contribution in [0.4, 0.5) is 4.39 Å². The lowest BCUT2D eigenvalue weighted by Crippen LogP contribution is -2.49. The summed E-state index contributed by atoms with van der Waals surface area (Å²) in [4.78, 5) is 14.5. The number of ether oxygens (including phenoxy) is 1. The van der Waals surface area contributed by atoms with Crippen molar-refractivity contribution in [3.05, 3.63) is 30.1 Å². The van der Waals surface area contributed by atoms with Crippen molar-refractivity contribution in [2.75, 3.05) is 32.8 Å². The van der Waals surface area contributed by atoms with Crippen LogP contribution < -0.4 is 15.4 Å². The summed E-state index contributed by atoms with van der Waals surface area (Å²) >= 11 is 0. The zero-order valence-corrected chi connectivity index (χ0v) is 14.0. The van der Waals surface area contributed by atoms with E-state index in [9.17, 15) is 9.18 Å². The predicted octanol–water partition coefficient (Wildman–Crippen LogP) is 1.54. The van der Waals surface area contributed by atoms with E-state index >= 15 is 0 Å². The summed E-state index contributed by atoms with van der Waals surface area (Å²) in [6.45, 7) is 4.33. The van der Waals surface area contributed by atoms with Crippen LogP contribution in [-0.2, 0) is 4.79 Å². The Morgan fingerprint density at radius 1 is 1.25 bits per heavy atom. The van der Waals surface area contributed by atoms with Crippen molar-refractivity contribution in [3.8, 4) is 5.75 Å². The number of piperidine rings is 1. The van der Waals surface area contributed by atoms with Crippen molar-refractivity contribution in [2.24, 2.45) is 0 Å². The average Bonchev–Trinajstić information content (AvgIpc) is 3.13. The number of halogens is 1. The third-order valence-corrected chi connectivity index (χ3v) is 4.80. The average molecular weight is 335 g/mol. The fraction of sp³-hybridized carbons (Fsp3) is 0.611. The van der Waals surface area contributed by atoms with Crippen LogP contribution in [0.5, 0.6) is 5.75 Å². The van der Waals surface area contributed by atoms with Gasteiger partial charge in [0.05, 0.1) is 6.04 Å². The van der Waals surface area contributed by atoms with Gasteiger partial charge in [-0.25, -0.2) is 4.39 Å². The largest absolute Gasteiger partial charge is 0.492 e. The molecule has 2 saturated heterocycles. The zero-order chi connectivity index (χ0) is 16.8. The number of amides is 1. The van der Waals surface area contributed by atoms with Gasteiger partial charge in [-0.15, -0.1) is 0 Å². The van der Waals surface area contributed by atoms with E-state index in [-0.39, 0.29) is 23.8 Å². The second-order valence-corrected chi connectivity index (χ2v) is 6.58. The summed E-state index contributed by atoms with van der Waals surface area (Å²) in [6, 6.07) is 6.40. The lowest BCUT2D eigenvalue weighted by Gasteiger charge is -2.32. The summed E-state index contributed by atoms with van der Waals surface area (Å²) in [5, 5.41) is 6.41. The van der Waals surface area contributed by atoms with Gasteiger partial charge in [0.15, 0.2) is 0 Å². The van der Waals surface area contributed by atoms with E-state index in [1.807, 2.05) is 0 Å². The smallest absolute Gasteiger partial charge is 0.237 e. The van der Waals surface area contributed by atoms with Gasteiger partial charge < -0.3 is 15.4 Å². The van der Waals surface area contributed by atoms with Gasteiger partial charge in [0.25, 0.3) is 0 Å². The van der Waals surface area contributed by atoms with E-state index in [4.69, 9.17) is 4.74 Å². The van der Waals surface area contributed by atoms with E-state index in [2.05, 4.69) is 15.5 Å². The summed E-state index contributed by atoms with van der Waals surface area (Å²) < 4.78 is 18.5. The van der Waals surface area contributed by atoms with Gasteiger partial charge in [0.2, 0.25) is 5.91 Å². The van der Waals surface area contributed by atoms with Crippen molar-refractivity contribution >= 4 is 5.91 Å². The molecule has 3 rings (SSSR count). The third-order valence-electron chi connectivity index (χ3n) is 4.80. The van der Waals surface area contributed by atoms with E-state index in [0.29, 0.717) is 12.4 Å². The first-order valence-electron chi connectivity index (χ1n) is 8.85. The van der Waals surface area contributed by atoms with Crippen LogP contribution in [0.2, 0.25) is 0 Å². The van der Waals surface area contributed by atoms with E-state index in [0.717, 1.165) is 51.9 Å². The number of nitrogens with one attached hydrogen (secondary N) is 2. The number of carbonyl (C=O) groups is 1. The molecule has 0 saturated carbocycles. The van der Waals surface area contributed by atoms with Crippen LogP contribution in [0.15, 0.2) is 24.3 Å². The molecule has 2 fully saturated rings. The summed E-state index contributed by atoms with van der Waals surface area (Å²) in [6.07, 6.45) is 4.00. The highest BCUT2D eigenvalue weighted by Crippen LogP contribution is 2.14. The molecule has 1 amide bonds. The Bertz CT molecular complexity index is 524. The van der Waals surface area contributed by atoms with Gasteiger partial charge in [0, 0.05) is 25.7 Å². The van der Waals surface area contributed by atoms with Gasteiger partial charge in [-0.1, -0.05) is 0 Å². The molecular weight excluding hydrogens is 309 g/mol. The number of likely N-dealkylation sites (tertiary alicyclic amines) is 1. The molecule has 132 valence electrons. The lowest BCUT2D eigenvalue weighted by molar-refractivity contribution is -0.123. The van der Waals surface area contributed by atoms with E-state index in [1.165, 1.54) is 12.1 Å². The van der Waals surface area contributed by atoms with Gasteiger partial charge in [-0.2, -0.15) is 0 Å². The Balaban J connectivity index is 1.31. The summed E-state index contributed by atoms with van der Waals surface area (Å²) in [7, 11) is 0. The first-order chi connectivity index (χ1) is 11.7. The normalized spacial score (nSPS) is 22.5. The number of benzene rings is 1. The quantitative estimate of drug-likeness (QED) is 0.828. The Morgan fingerprint density at radius 2 is 2.00 bits per heavy atom. The van der Waals surface area contributed by atoms with Crippen molar-refractivity contribution in [3.63, 3.8) is 0 Å². The molecule has 0 radical (unpaired) electrons. The fourth-order valence-corrected chi connectivity index (χ4v) is 3.33. The number of rotatable bonds is 6. The Morgan fingerprint density at radius 3 is 2.67 bits per heavy atom. The zero-order valence-electron chi connectivity index (χ0n) is 14.0. The molecule has 1 atom stereocenters. The standard InChI is InChI=1S/C18H26FN3O2/c19-14-3-5-16(6-4-14)24-13-12-22-10-7-15(8-11-22)21-18(23)17-2-1-9-20-17/h3-6,15,17,20H,1-2,7-13H2,(H,21,23). The molecular formula is C18H26FN3O2. The minimum absolute atomic E-state index is 0.00661. The minimum atomic E-state index is -0.251. The molecule has 6 heteroatoms. The van der Waals surface area contributed by atoms with Gasteiger partial charge in [-0.05, 0) is 56.5 Å². The molecule has 0 aliphatic carbocycles. The van der Waals surface area contributed by atoms with Crippen LogP contribution >= 0.6 is 0 Å². The maximum absolute atomic E-state index is 12.8. The van der Waals surface area contributed by atoms with Crippen molar-refractivity contribution in [2.45, 2.75) is 37.8 Å². The lowest BCUT2D eigenvalue weighted by atomic mass is 10.0. The van der Waals surface area contributed by atoms with Gasteiger partial charge in [-0.3, -0.25) is 9.69 Å². The molecule has 2 heterocycles. The molecule has 24 heavy (non-hydrogen) atoms. The number of carbonyl (C=O) groups excluding carboxylic acids is 1. The van der Waals surface area contributed by atoms with Crippen LogP contribution in [0, 0.1) is 5.82 Å². The second-order valence-electron chi connectivity index (χ2n) is 6.58. The molecule has 1 aromatic rings. The molecule has 0 aromatic heterocycles. The third kappa shape index (κ3) is 4.92. The van der Waals surface area contributed by atoms with Crippen LogP contribution in [0.25, 0.3) is 0 Å². The molecule has 1 aromatic carbocycles. The molecule has 2 aliphatic rings. The van der Waals surface area contributed by atoms with Crippen molar-refractivity contribution in [1.82, 2.24) is 15.5 Å². The molecule has 2 N–H and O–H groups in total. The highest BCUT2D eigenvalue weighted by Gasteiger charge is 2.26. The minimum Gasteiger partial charge on any atom is -0.492 e. The Hall–Kier alpha value is -1.66. The number of hydrogen-bond donors (Lipinski definition) is 2. The van der Waals surface area contributed by atoms with Gasteiger partial charge in [0.1, 0.15) is 18.2 Å². The van der Waals surface area contributed by atoms with Crippen LogP contribution in [0.1, 0.15) is 25.7 Å². The topological polar surface area (TPSA) is 53.6 Å². The van der Waals surface area contributed by atoms with Crippen molar-refractivity contribution in [1.29, 1.82) is 0 Å². The Kier molecular flexibility index (Phi) is 6.04. The number of hydrogen-bond acceptors (Lipinski definition) is 4. The van der Waals surface area contributed by atoms with Crippen molar-refractivity contribution < 1.29 is 13.9 Å². The van der Waals surface area contributed by atoms with E-state index < -0.39 is 0 Å². The Labute approximate surface area is 142 Å². The highest BCUT2D eigenvalue weighted by molar-refractivity contribution is 5.82. The van der Waals surface area contributed by atoms with Crippen LogP contribution in [0.3, 0.4) is 0 Å². The van der Waals surface area contributed by atoms with Crippen LogP contribution in [-0.4, -0.2) is 55.7 Å². The number of nitrogens with zero attached hydrogens (tertiary/aromatic N) is 1. The maximum atomic E-state index is 12.8. The maximum Gasteiger partial charge on any atom is 0.237 e. The summed E-state index contributed by atoms with van der Waals surface area (Å²) in [5.74, 6) is 0.604. The van der Waals surface area contributed by atoms with E-state index in [1.54, 1.807) is 12.1 Å². The molecule has 2 aliphatic heterocycles. The highest BCUT2D eigenvalue weighted by atomic mass is 19.1. The first kappa shape index (κ1) is 17.2. The fourth-order valence-electron chi connectivity index (χ4n) is 3.33. The SMILES string of the molecule is O=C(NC1CCN(CCOc2ccc(F)cc2)CC1)C1CCCN1. The molecule has 1 unspecified atom stereocenters. The first-order valence-corrected chi connectivity index (χ1v) is 8.85. The van der Waals surface area contributed by atoms with Gasteiger partial charge >= 0.3 is 0 Å².